The first-order valence-electron chi connectivity index (χ1n) is 14.3. The van der Waals surface area contributed by atoms with Crippen molar-refractivity contribution in [2.24, 2.45) is 5.73 Å². The van der Waals surface area contributed by atoms with Crippen molar-refractivity contribution >= 4 is 28.7 Å². The molecule has 0 spiro atoms. The summed E-state index contributed by atoms with van der Waals surface area (Å²) in [4.78, 5) is 40.2. The lowest BCUT2D eigenvalue weighted by Crippen LogP contribution is -2.56. The Morgan fingerprint density at radius 1 is 1.15 bits per heavy atom. The molecule has 10 nitrogen and oxygen atoms in total. The smallest absolute Gasteiger partial charge is 0.326 e. The van der Waals surface area contributed by atoms with Crippen LogP contribution in [0.25, 0.3) is 10.9 Å². The Kier molecular flexibility index (Phi) is 8.60. The lowest BCUT2D eigenvalue weighted by molar-refractivity contribution is -0.132. The highest BCUT2D eigenvalue weighted by molar-refractivity contribution is 6.04. The number of carbonyl (C=O) groups excluding carboxylic acids is 3. The van der Waals surface area contributed by atoms with Gasteiger partial charge in [-0.15, -0.1) is 0 Å². The number of primary amides is 1. The zero-order valence-electron chi connectivity index (χ0n) is 23.7. The van der Waals surface area contributed by atoms with E-state index >= 15 is 0 Å². The molecular weight excluding hydrogens is 524 g/mol. The molecule has 3 aliphatic heterocycles. The van der Waals surface area contributed by atoms with Crippen LogP contribution in [0.1, 0.15) is 72.1 Å². The van der Waals surface area contributed by atoms with Crippen LogP contribution < -0.4 is 10.5 Å². The molecule has 2 unspecified atom stereocenters. The molecule has 0 radical (unpaired) electrons. The van der Waals surface area contributed by atoms with Gasteiger partial charge < -0.3 is 29.8 Å². The molecule has 4 heterocycles. The number of urea groups is 1. The van der Waals surface area contributed by atoms with Gasteiger partial charge in [-0.3, -0.25) is 14.5 Å². The zero-order chi connectivity index (χ0) is 29.1. The van der Waals surface area contributed by atoms with Gasteiger partial charge in [-0.2, -0.15) is 0 Å². The topological polar surface area (TPSA) is 127 Å². The maximum Gasteiger partial charge on any atom is 0.326 e. The Morgan fingerprint density at radius 3 is 2.56 bits per heavy atom. The Labute approximate surface area is 239 Å². The van der Waals surface area contributed by atoms with Crippen LogP contribution in [-0.4, -0.2) is 70.4 Å². The van der Waals surface area contributed by atoms with E-state index in [1.807, 2.05) is 30.3 Å². The molecule has 2 bridgehead atoms. The first kappa shape index (κ1) is 28.6. The van der Waals surface area contributed by atoms with Crippen molar-refractivity contribution in [3.8, 4) is 5.75 Å². The molecule has 1 aromatic heterocycles. The van der Waals surface area contributed by atoms with Gasteiger partial charge in [0, 0.05) is 48.9 Å². The van der Waals surface area contributed by atoms with Crippen molar-refractivity contribution in [1.29, 1.82) is 0 Å². The highest BCUT2D eigenvalue weighted by Crippen LogP contribution is 2.41. The second-order valence-electron chi connectivity index (χ2n) is 10.8. The fourth-order valence-electron chi connectivity index (χ4n) is 5.70. The summed E-state index contributed by atoms with van der Waals surface area (Å²) in [6.45, 7) is 4.87. The van der Waals surface area contributed by atoms with Gasteiger partial charge in [-0.25, -0.2) is 4.79 Å². The number of fused-ring (bicyclic) bond motifs is 6. The van der Waals surface area contributed by atoms with Crippen LogP contribution in [0.2, 0.25) is 0 Å². The molecular formula is C31H38N4O6. The Balaban J connectivity index is 0.000000423. The monoisotopic (exact) mass is 562 g/mol. The number of benzene rings is 2. The molecule has 2 fully saturated rings. The summed E-state index contributed by atoms with van der Waals surface area (Å²) in [5.74, 6) is -0.266. The average Bonchev–Trinajstić information content (AvgIpc) is 3.28. The summed E-state index contributed by atoms with van der Waals surface area (Å²) in [7, 11) is 1.55. The minimum absolute atomic E-state index is 0.177. The van der Waals surface area contributed by atoms with Gasteiger partial charge in [0.2, 0.25) is 11.8 Å². The normalized spacial score (nSPS) is 20.0. The molecule has 3 aromatic rings. The quantitative estimate of drug-likeness (QED) is 0.420. The summed E-state index contributed by atoms with van der Waals surface area (Å²) >= 11 is 0. The average molecular weight is 563 g/mol. The molecule has 3 N–H and O–H groups in total. The van der Waals surface area contributed by atoms with Gasteiger partial charge in [0.15, 0.2) is 6.29 Å². The van der Waals surface area contributed by atoms with Crippen molar-refractivity contribution < 1.29 is 29.0 Å². The molecule has 0 saturated carbocycles. The maximum atomic E-state index is 13.1. The highest BCUT2D eigenvalue weighted by atomic mass is 16.6. The molecule has 4 amide bonds. The van der Waals surface area contributed by atoms with Crippen molar-refractivity contribution in [1.82, 2.24) is 14.4 Å². The second kappa shape index (κ2) is 12.3. The number of nitrogens with zero attached hydrogens (tertiary/aromatic N) is 3. The third-order valence-corrected chi connectivity index (χ3v) is 7.97. The molecule has 0 aliphatic carbocycles. The van der Waals surface area contributed by atoms with Gasteiger partial charge >= 0.3 is 6.03 Å². The minimum Gasteiger partial charge on any atom is -0.494 e. The van der Waals surface area contributed by atoms with Crippen LogP contribution in [0, 0.1) is 0 Å². The lowest BCUT2D eigenvalue weighted by Gasteiger charge is -2.41. The SMILES string of the molecule is CCCCOc1ccc2c(c1)c1c(n2Cc2ccc(C(N)=O)cc2)CN2CC1C(=O)N(C)C2=O.OC1CCCCO1. The van der Waals surface area contributed by atoms with Crippen molar-refractivity contribution in [2.45, 2.75) is 64.3 Å². The van der Waals surface area contributed by atoms with E-state index in [0.29, 0.717) is 31.8 Å². The number of unbranched alkanes of at least 4 members (excludes halogenated alkanes) is 1. The van der Waals surface area contributed by atoms with Crippen LogP contribution in [-0.2, 0) is 22.6 Å². The number of aliphatic hydroxyl groups excluding tert-OH is 1. The van der Waals surface area contributed by atoms with Gasteiger partial charge in [-0.1, -0.05) is 25.5 Å². The third-order valence-electron chi connectivity index (χ3n) is 7.97. The van der Waals surface area contributed by atoms with Gasteiger partial charge in [0.25, 0.3) is 0 Å². The number of ether oxygens (including phenoxy) is 2. The van der Waals surface area contributed by atoms with E-state index < -0.39 is 18.1 Å². The standard InChI is InChI=1S/C26H28N4O4.C5H10O2/c1-3-4-11-34-18-9-10-21-19(12-18)23-20-14-29(26(33)28(2)25(20)32)15-22(23)30(21)13-16-5-7-17(8-6-16)24(27)31;6-5-3-1-2-4-7-5/h5-10,12,20H,3-4,11,13-15H2,1-2H3,(H2,27,31);5-6H,1-4H2. The summed E-state index contributed by atoms with van der Waals surface area (Å²) in [6.07, 6.45) is 4.60. The lowest BCUT2D eigenvalue weighted by atomic mass is 9.89. The fraction of sp³-hybridized carbons (Fsp3) is 0.452. The van der Waals surface area contributed by atoms with Crippen LogP contribution in [0.3, 0.4) is 0 Å². The number of nitrogens with two attached hydrogens (primary N) is 1. The predicted molar refractivity (Wildman–Crippen MR) is 154 cm³/mol. The number of hydrogen-bond donors (Lipinski definition) is 2. The summed E-state index contributed by atoms with van der Waals surface area (Å²) < 4.78 is 13.0. The number of likely N-dealkylation sites (N-methyl/N-ethyl adjacent to an activating group) is 1. The van der Waals surface area contributed by atoms with E-state index in [0.717, 1.165) is 72.2 Å². The van der Waals surface area contributed by atoms with Gasteiger partial charge in [0.1, 0.15) is 5.75 Å². The van der Waals surface area contributed by atoms with E-state index in [1.165, 1.54) is 4.90 Å². The van der Waals surface area contributed by atoms with Gasteiger partial charge in [0.05, 0.1) is 19.1 Å². The number of rotatable bonds is 7. The summed E-state index contributed by atoms with van der Waals surface area (Å²) in [5, 5.41) is 9.67. The van der Waals surface area contributed by atoms with Crippen molar-refractivity contribution in [2.75, 3.05) is 26.8 Å². The molecule has 2 aromatic carbocycles. The highest BCUT2D eigenvalue weighted by Gasteiger charge is 2.44. The summed E-state index contributed by atoms with van der Waals surface area (Å²) in [6, 6.07) is 13.0. The summed E-state index contributed by atoms with van der Waals surface area (Å²) in [5.41, 5.74) is 9.76. The van der Waals surface area contributed by atoms with E-state index in [9.17, 15) is 14.4 Å². The predicted octanol–water partition coefficient (Wildman–Crippen LogP) is 3.96. The molecule has 2 saturated heterocycles. The zero-order valence-corrected chi connectivity index (χ0v) is 23.7. The number of aliphatic hydroxyl groups is 1. The number of imide groups is 1. The minimum atomic E-state index is -0.465. The number of aromatic nitrogens is 1. The largest absolute Gasteiger partial charge is 0.494 e. The van der Waals surface area contributed by atoms with Crippen LogP contribution in [0.5, 0.6) is 5.75 Å². The number of hydrogen-bond acceptors (Lipinski definition) is 6. The third kappa shape index (κ3) is 5.94. The molecule has 10 heteroatoms. The molecule has 2 atom stereocenters. The van der Waals surface area contributed by atoms with Crippen LogP contribution >= 0.6 is 0 Å². The van der Waals surface area contributed by atoms with Gasteiger partial charge in [-0.05, 0) is 67.1 Å². The first-order chi connectivity index (χ1) is 19.8. The van der Waals surface area contributed by atoms with E-state index in [1.54, 1.807) is 24.1 Å². The van der Waals surface area contributed by atoms with E-state index in [4.69, 9.17) is 20.3 Å². The fourth-order valence-corrected chi connectivity index (χ4v) is 5.70. The Bertz CT molecular complexity index is 1430. The van der Waals surface area contributed by atoms with Crippen molar-refractivity contribution in [3.05, 3.63) is 64.8 Å². The molecule has 218 valence electrons. The molecule has 41 heavy (non-hydrogen) atoms. The molecule has 6 rings (SSSR count). The van der Waals surface area contributed by atoms with E-state index in [2.05, 4.69) is 11.5 Å². The first-order valence-corrected chi connectivity index (χ1v) is 14.3. The van der Waals surface area contributed by atoms with Crippen LogP contribution in [0.4, 0.5) is 4.79 Å². The maximum absolute atomic E-state index is 13.1. The number of amides is 4. The van der Waals surface area contributed by atoms with E-state index in [-0.39, 0.29) is 11.9 Å². The van der Waals surface area contributed by atoms with Crippen molar-refractivity contribution in [3.63, 3.8) is 0 Å². The molecule has 3 aliphatic rings. The Hall–Kier alpha value is -3.89. The van der Waals surface area contributed by atoms with Crippen LogP contribution in [0.15, 0.2) is 42.5 Å². The number of carbonyl (C=O) groups is 3. The Morgan fingerprint density at radius 2 is 1.93 bits per heavy atom. The second-order valence-corrected chi connectivity index (χ2v) is 10.8.